The summed E-state index contributed by atoms with van der Waals surface area (Å²) in [5, 5.41) is 7.51. The number of nitrogens with zero attached hydrogens (tertiary/aromatic N) is 1. The minimum atomic E-state index is 0.105. The Balaban J connectivity index is 2.23. The maximum atomic E-state index is 7.51. The number of nitrogens with one attached hydrogen (secondary N) is 1. The SMILES string of the molecule is COc1ccc(C(=N)N)cc1CN1CCCC1C. The van der Waals surface area contributed by atoms with Crippen molar-refractivity contribution in [2.45, 2.75) is 32.4 Å². The first-order valence-corrected chi connectivity index (χ1v) is 6.37. The number of nitrogen functional groups attached to an aromatic ring is 1. The van der Waals surface area contributed by atoms with Crippen molar-refractivity contribution in [1.82, 2.24) is 4.90 Å². The number of hydrogen-bond acceptors (Lipinski definition) is 3. The van der Waals surface area contributed by atoms with Gasteiger partial charge in [0.25, 0.3) is 0 Å². The van der Waals surface area contributed by atoms with E-state index >= 15 is 0 Å². The monoisotopic (exact) mass is 247 g/mol. The Bertz CT molecular complexity index is 445. The number of benzene rings is 1. The van der Waals surface area contributed by atoms with E-state index in [1.165, 1.54) is 12.8 Å². The van der Waals surface area contributed by atoms with Crippen LogP contribution in [-0.4, -0.2) is 30.4 Å². The zero-order valence-corrected chi connectivity index (χ0v) is 11.1. The topological polar surface area (TPSA) is 62.3 Å². The molecule has 1 aromatic carbocycles. The number of hydrogen-bond donors (Lipinski definition) is 2. The highest BCUT2D eigenvalue weighted by molar-refractivity contribution is 5.95. The van der Waals surface area contributed by atoms with E-state index in [2.05, 4.69) is 11.8 Å². The van der Waals surface area contributed by atoms with Crippen LogP contribution in [0.2, 0.25) is 0 Å². The molecule has 1 aliphatic heterocycles. The molecular weight excluding hydrogens is 226 g/mol. The lowest BCUT2D eigenvalue weighted by atomic mass is 10.1. The Morgan fingerprint density at radius 2 is 2.33 bits per heavy atom. The molecule has 0 spiro atoms. The molecule has 1 heterocycles. The van der Waals surface area contributed by atoms with Crippen LogP contribution in [0.5, 0.6) is 5.75 Å². The molecule has 0 amide bonds. The summed E-state index contributed by atoms with van der Waals surface area (Å²) in [5.74, 6) is 0.979. The fourth-order valence-electron chi connectivity index (χ4n) is 2.52. The zero-order chi connectivity index (χ0) is 13.1. The van der Waals surface area contributed by atoms with Gasteiger partial charge in [-0.1, -0.05) is 0 Å². The smallest absolute Gasteiger partial charge is 0.123 e. The fraction of sp³-hybridized carbons (Fsp3) is 0.500. The summed E-state index contributed by atoms with van der Waals surface area (Å²) in [6.45, 7) is 4.26. The van der Waals surface area contributed by atoms with Gasteiger partial charge in [-0.3, -0.25) is 10.3 Å². The van der Waals surface area contributed by atoms with Gasteiger partial charge in [-0.15, -0.1) is 0 Å². The second-order valence-corrected chi connectivity index (χ2v) is 4.90. The highest BCUT2D eigenvalue weighted by atomic mass is 16.5. The summed E-state index contributed by atoms with van der Waals surface area (Å²) in [7, 11) is 1.68. The van der Waals surface area contributed by atoms with Gasteiger partial charge in [-0.05, 0) is 44.5 Å². The van der Waals surface area contributed by atoms with Crippen molar-refractivity contribution in [3.63, 3.8) is 0 Å². The fourth-order valence-corrected chi connectivity index (χ4v) is 2.52. The number of nitrogens with two attached hydrogens (primary N) is 1. The van der Waals surface area contributed by atoms with Gasteiger partial charge in [-0.25, -0.2) is 0 Å². The second kappa shape index (κ2) is 5.40. The second-order valence-electron chi connectivity index (χ2n) is 4.90. The van der Waals surface area contributed by atoms with Gasteiger partial charge in [0.15, 0.2) is 0 Å². The molecule has 1 atom stereocenters. The van der Waals surface area contributed by atoms with E-state index in [4.69, 9.17) is 15.9 Å². The van der Waals surface area contributed by atoms with E-state index in [0.717, 1.165) is 30.0 Å². The van der Waals surface area contributed by atoms with Crippen molar-refractivity contribution >= 4 is 5.84 Å². The summed E-state index contributed by atoms with van der Waals surface area (Å²) in [4.78, 5) is 2.45. The van der Waals surface area contributed by atoms with Crippen LogP contribution in [0.4, 0.5) is 0 Å². The van der Waals surface area contributed by atoms with E-state index < -0.39 is 0 Å². The van der Waals surface area contributed by atoms with Crippen LogP contribution in [0.3, 0.4) is 0 Å². The average molecular weight is 247 g/mol. The van der Waals surface area contributed by atoms with Crippen LogP contribution >= 0.6 is 0 Å². The van der Waals surface area contributed by atoms with Crippen molar-refractivity contribution in [2.75, 3.05) is 13.7 Å². The quantitative estimate of drug-likeness (QED) is 0.631. The third-order valence-electron chi connectivity index (χ3n) is 3.66. The first-order chi connectivity index (χ1) is 8.61. The van der Waals surface area contributed by atoms with E-state index in [0.29, 0.717) is 6.04 Å². The van der Waals surface area contributed by atoms with Crippen molar-refractivity contribution in [3.05, 3.63) is 29.3 Å². The Kier molecular flexibility index (Phi) is 3.87. The lowest BCUT2D eigenvalue weighted by Crippen LogP contribution is -2.26. The number of likely N-dealkylation sites (tertiary alicyclic amines) is 1. The third kappa shape index (κ3) is 2.64. The standard InChI is InChI=1S/C14H21N3O/c1-10-4-3-7-17(10)9-12-8-11(14(15)16)5-6-13(12)18-2/h5-6,8,10H,3-4,7,9H2,1-2H3,(H3,15,16). The highest BCUT2D eigenvalue weighted by Gasteiger charge is 2.21. The van der Waals surface area contributed by atoms with E-state index in [-0.39, 0.29) is 5.84 Å². The average Bonchev–Trinajstić information content (AvgIpc) is 2.75. The van der Waals surface area contributed by atoms with Gasteiger partial charge in [0.2, 0.25) is 0 Å². The van der Waals surface area contributed by atoms with Crippen LogP contribution in [0.1, 0.15) is 30.9 Å². The molecule has 18 heavy (non-hydrogen) atoms. The molecule has 4 nitrogen and oxygen atoms in total. The Morgan fingerprint density at radius 3 is 2.89 bits per heavy atom. The Labute approximate surface area is 108 Å². The number of rotatable bonds is 4. The molecule has 0 aromatic heterocycles. The largest absolute Gasteiger partial charge is 0.496 e. The zero-order valence-electron chi connectivity index (χ0n) is 11.1. The van der Waals surface area contributed by atoms with Crippen LogP contribution in [0, 0.1) is 5.41 Å². The van der Waals surface area contributed by atoms with Crippen molar-refractivity contribution in [3.8, 4) is 5.75 Å². The predicted octanol–water partition coefficient (Wildman–Crippen LogP) is 1.96. The molecule has 1 unspecified atom stereocenters. The third-order valence-corrected chi connectivity index (χ3v) is 3.66. The van der Waals surface area contributed by atoms with Crippen LogP contribution < -0.4 is 10.5 Å². The van der Waals surface area contributed by atoms with Gasteiger partial charge in [0.05, 0.1) is 7.11 Å². The van der Waals surface area contributed by atoms with Crippen molar-refractivity contribution in [2.24, 2.45) is 5.73 Å². The molecule has 4 heteroatoms. The normalized spacial score (nSPS) is 20.0. The molecule has 98 valence electrons. The van der Waals surface area contributed by atoms with Crippen molar-refractivity contribution < 1.29 is 4.74 Å². The summed E-state index contributed by atoms with van der Waals surface area (Å²) >= 11 is 0. The van der Waals surface area contributed by atoms with Gasteiger partial charge in [0, 0.05) is 23.7 Å². The molecule has 1 fully saturated rings. The molecule has 1 aliphatic rings. The van der Waals surface area contributed by atoms with E-state index in [1.807, 2.05) is 18.2 Å². The molecule has 3 N–H and O–H groups in total. The van der Waals surface area contributed by atoms with Crippen molar-refractivity contribution in [1.29, 1.82) is 5.41 Å². The lowest BCUT2D eigenvalue weighted by Gasteiger charge is -2.22. The molecule has 2 rings (SSSR count). The van der Waals surface area contributed by atoms with Gasteiger partial charge in [0.1, 0.15) is 11.6 Å². The predicted molar refractivity (Wildman–Crippen MR) is 73.1 cm³/mol. The molecule has 1 saturated heterocycles. The Morgan fingerprint density at radius 1 is 1.56 bits per heavy atom. The van der Waals surface area contributed by atoms with Gasteiger partial charge >= 0.3 is 0 Å². The first-order valence-electron chi connectivity index (χ1n) is 6.37. The van der Waals surface area contributed by atoms with E-state index in [1.54, 1.807) is 7.11 Å². The summed E-state index contributed by atoms with van der Waals surface area (Å²) < 4.78 is 5.39. The Hall–Kier alpha value is -1.55. The molecule has 0 saturated carbocycles. The van der Waals surface area contributed by atoms with E-state index in [9.17, 15) is 0 Å². The molecule has 0 aliphatic carbocycles. The first kappa shape index (κ1) is 12.9. The maximum Gasteiger partial charge on any atom is 0.123 e. The number of ether oxygens (including phenoxy) is 1. The van der Waals surface area contributed by atoms with Crippen LogP contribution in [0.25, 0.3) is 0 Å². The van der Waals surface area contributed by atoms with Gasteiger partial charge in [-0.2, -0.15) is 0 Å². The van der Waals surface area contributed by atoms with Crippen LogP contribution in [-0.2, 0) is 6.54 Å². The molecule has 1 aromatic rings. The highest BCUT2D eigenvalue weighted by Crippen LogP contribution is 2.25. The minimum absolute atomic E-state index is 0.105. The lowest BCUT2D eigenvalue weighted by molar-refractivity contribution is 0.256. The van der Waals surface area contributed by atoms with Gasteiger partial charge < -0.3 is 10.5 Å². The number of amidine groups is 1. The maximum absolute atomic E-state index is 7.51. The molecule has 0 bridgehead atoms. The minimum Gasteiger partial charge on any atom is -0.496 e. The molecular formula is C14H21N3O. The molecule has 0 radical (unpaired) electrons. The summed E-state index contributed by atoms with van der Waals surface area (Å²) in [6, 6.07) is 6.31. The summed E-state index contributed by atoms with van der Waals surface area (Å²) in [5.41, 5.74) is 7.41. The number of methoxy groups -OCH3 is 1. The van der Waals surface area contributed by atoms with Crippen LogP contribution in [0.15, 0.2) is 18.2 Å². The summed E-state index contributed by atoms with van der Waals surface area (Å²) in [6.07, 6.45) is 2.52.